The lowest BCUT2D eigenvalue weighted by atomic mass is 10.1. The highest BCUT2D eigenvalue weighted by Crippen LogP contribution is 2.08. The Morgan fingerprint density at radius 2 is 2.18 bits per heavy atom. The molecule has 0 aliphatic carbocycles. The highest BCUT2D eigenvalue weighted by molar-refractivity contribution is 5.81. The second-order valence-electron chi connectivity index (χ2n) is 6.03. The number of carbonyl (C=O) groups excluding carboxylic acids is 1. The van der Waals surface area contributed by atoms with Gasteiger partial charge in [0.1, 0.15) is 6.10 Å². The number of likely N-dealkylation sites (N-methyl/N-ethyl adjacent to an activating group) is 1. The van der Waals surface area contributed by atoms with Crippen LogP contribution in [0.4, 0.5) is 0 Å². The van der Waals surface area contributed by atoms with Crippen molar-refractivity contribution in [2.75, 3.05) is 40.3 Å². The van der Waals surface area contributed by atoms with Crippen LogP contribution in [0.5, 0.6) is 0 Å². The van der Waals surface area contributed by atoms with Gasteiger partial charge in [-0.2, -0.15) is 0 Å². The van der Waals surface area contributed by atoms with E-state index in [1.165, 1.54) is 5.56 Å². The zero-order chi connectivity index (χ0) is 15.9. The molecule has 5 heteroatoms. The largest absolute Gasteiger partial charge is 0.366 e. The smallest absolute Gasteiger partial charge is 0.250 e. The number of nitrogens with one attached hydrogen (secondary N) is 1. The highest BCUT2D eigenvalue weighted by atomic mass is 16.5. The van der Waals surface area contributed by atoms with Gasteiger partial charge in [0.15, 0.2) is 0 Å². The molecule has 0 saturated carbocycles. The fourth-order valence-electron chi connectivity index (χ4n) is 2.65. The van der Waals surface area contributed by atoms with Gasteiger partial charge in [-0.05, 0) is 31.8 Å². The zero-order valence-electron chi connectivity index (χ0n) is 13.8. The minimum Gasteiger partial charge on any atom is -0.366 e. The maximum absolute atomic E-state index is 12.2. The van der Waals surface area contributed by atoms with Crippen LogP contribution in [0.3, 0.4) is 0 Å². The molecule has 0 aromatic heterocycles. The maximum Gasteiger partial charge on any atom is 0.250 e. The monoisotopic (exact) mass is 305 g/mol. The molecular formula is C17H27N3O2. The number of rotatable bonds is 6. The summed E-state index contributed by atoms with van der Waals surface area (Å²) in [6, 6.07) is 8.32. The predicted octanol–water partition coefficient (Wildman–Crippen LogP) is 1.09. The lowest BCUT2D eigenvalue weighted by Crippen LogP contribution is -2.49. The molecular weight excluding hydrogens is 278 g/mol. The van der Waals surface area contributed by atoms with E-state index in [2.05, 4.69) is 34.2 Å². The number of hydrogen-bond acceptors (Lipinski definition) is 4. The molecule has 22 heavy (non-hydrogen) atoms. The van der Waals surface area contributed by atoms with Crippen molar-refractivity contribution in [1.82, 2.24) is 15.1 Å². The number of hydrogen-bond donors (Lipinski definition) is 1. The van der Waals surface area contributed by atoms with E-state index in [1.54, 1.807) is 0 Å². The molecule has 1 saturated heterocycles. The van der Waals surface area contributed by atoms with Gasteiger partial charge in [0, 0.05) is 26.2 Å². The Bertz CT molecular complexity index is 491. The van der Waals surface area contributed by atoms with Crippen LogP contribution in [0.1, 0.15) is 18.1 Å². The molecule has 1 aromatic carbocycles. The van der Waals surface area contributed by atoms with Crippen molar-refractivity contribution in [1.29, 1.82) is 0 Å². The van der Waals surface area contributed by atoms with Gasteiger partial charge in [0.2, 0.25) is 0 Å². The van der Waals surface area contributed by atoms with E-state index in [0.717, 1.165) is 25.2 Å². The Labute approximate surface area is 133 Å². The molecule has 1 aliphatic rings. The van der Waals surface area contributed by atoms with Crippen molar-refractivity contribution in [3.8, 4) is 0 Å². The Balaban J connectivity index is 1.85. The van der Waals surface area contributed by atoms with Gasteiger partial charge in [-0.15, -0.1) is 0 Å². The average molecular weight is 305 g/mol. The molecule has 1 fully saturated rings. The average Bonchev–Trinajstić information content (AvgIpc) is 2.52. The topological polar surface area (TPSA) is 44.8 Å². The van der Waals surface area contributed by atoms with Gasteiger partial charge in [0.05, 0.1) is 6.61 Å². The third-order valence-corrected chi connectivity index (χ3v) is 3.85. The molecule has 1 N–H and O–H groups in total. The molecule has 0 bridgehead atoms. The summed E-state index contributed by atoms with van der Waals surface area (Å²) >= 11 is 0. The SMILES string of the molecule is CCN1CCO[C@H](C(=O)NCc2cccc(CN(C)C)c2)C1. The van der Waals surface area contributed by atoms with Crippen molar-refractivity contribution in [3.05, 3.63) is 35.4 Å². The van der Waals surface area contributed by atoms with E-state index >= 15 is 0 Å². The van der Waals surface area contributed by atoms with Gasteiger partial charge >= 0.3 is 0 Å². The lowest BCUT2D eigenvalue weighted by Gasteiger charge is -2.31. The van der Waals surface area contributed by atoms with Crippen LogP contribution >= 0.6 is 0 Å². The number of benzene rings is 1. The first-order chi connectivity index (χ1) is 10.6. The number of morpholine rings is 1. The maximum atomic E-state index is 12.2. The molecule has 1 aromatic rings. The van der Waals surface area contributed by atoms with Crippen LogP contribution < -0.4 is 5.32 Å². The fourth-order valence-corrected chi connectivity index (χ4v) is 2.65. The summed E-state index contributed by atoms with van der Waals surface area (Å²) in [6.07, 6.45) is -0.348. The number of ether oxygens (including phenoxy) is 1. The zero-order valence-corrected chi connectivity index (χ0v) is 13.8. The van der Waals surface area contributed by atoms with Gasteiger partial charge in [-0.25, -0.2) is 0 Å². The second kappa shape index (κ2) is 8.27. The van der Waals surface area contributed by atoms with Gasteiger partial charge in [-0.1, -0.05) is 31.2 Å². The summed E-state index contributed by atoms with van der Waals surface area (Å²) in [7, 11) is 4.10. The quantitative estimate of drug-likeness (QED) is 0.854. The summed E-state index contributed by atoms with van der Waals surface area (Å²) < 4.78 is 5.58. The van der Waals surface area contributed by atoms with E-state index in [1.807, 2.05) is 26.2 Å². The molecule has 5 nitrogen and oxygen atoms in total. The number of carbonyl (C=O) groups is 1. The number of nitrogens with zero attached hydrogens (tertiary/aromatic N) is 2. The van der Waals surface area contributed by atoms with Crippen LogP contribution in [0.2, 0.25) is 0 Å². The van der Waals surface area contributed by atoms with Crippen molar-refractivity contribution in [2.45, 2.75) is 26.1 Å². The Hall–Kier alpha value is -1.43. The number of amides is 1. The summed E-state index contributed by atoms with van der Waals surface area (Å²) in [5.41, 5.74) is 2.37. The van der Waals surface area contributed by atoms with Crippen molar-refractivity contribution in [3.63, 3.8) is 0 Å². The molecule has 122 valence electrons. The first-order valence-corrected chi connectivity index (χ1v) is 7.92. The summed E-state index contributed by atoms with van der Waals surface area (Å²) in [6.45, 7) is 6.74. The first kappa shape index (κ1) is 16.9. The van der Waals surface area contributed by atoms with Crippen molar-refractivity contribution >= 4 is 5.91 Å². The van der Waals surface area contributed by atoms with E-state index in [0.29, 0.717) is 19.7 Å². The molecule has 1 atom stereocenters. The van der Waals surface area contributed by atoms with Crippen LogP contribution in [0, 0.1) is 0 Å². The Kier molecular flexibility index (Phi) is 6.36. The highest BCUT2D eigenvalue weighted by Gasteiger charge is 2.25. The normalized spacial score (nSPS) is 19.4. The van der Waals surface area contributed by atoms with Gasteiger partial charge in [-0.3, -0.25) is 9.69 Å². The van der Waals surface area contributed by atoms with Crippen LogP contribution in [0.25, 0.3) is 0 Å². The molecule has 0 radical (unpaired) electrons. The Morgan fingerprint density at radius 1 is 1.41 bits per heavy atom. The van der Waals surface area contributed by atoms with E-state index < -0.39 is 0 Å². The van der Waals surface area contributed by atoms with E-state index in [9.17, 15) is 4.79 Å². The fraction of sp³-hybridized carbons (Fsp3) is 0.588. The predicted molar refractivity (Wildman–Crippen MR) is 87.5 cm³/mol. The lowest BCUT2D eigenvalue weighted by molar-refractivity contribution is -0.138. The molecule has 1 amide bonds. The Morgan fingerprint density at radius 3 is 2.91 bits per heavy atom. The standard InChI is InChI=1S/C17H27N3O2/c1-4-20-8-9-22-16(13-20)17(21)18-11-14-6-5-7-15(10-14)12-19(2)3/h5-7,10,16H,4,8-9,11-13H2,1-3H3,(H,18,21)/t16-/m0/s1. The van der Waals surface area contributed by atoms with E-state index in [-0.39, 0.29) is 12.0 Å². The third kappa shape index (κ3) is 5.09. The molecule has 1 heterocycles. The molecule has 0 unspecified atom stereocenters. The minimum atomic E-state index is -0.348. The second-order valence-corrected chi connectivity index (χ2v) is 6.03. The van der Waals surface area contributed by atoms with Crippen LogP contribution in [0.15, 0.2) is 24.3 Å². The summed E-state index contributed by atoms with van der Waals surface area (Å²) in [5.74, 6) is -0.0174. The minimum absolute atomic E-state index is 0.0174. The molecule has 2 rings (SSSR count). The van der Waals surface area contributed by atoms with Gasteiger partial charge in [0.25, 0.3) is 5.91 Å². The van der Waals surface area contributed by atoms with E-state index in [4.69, 9.17) is 4.74 Å². The van der Waals surface area contributed by atoms with Gasteiger partial charge < -0.3 is 15.0 Å². The first-order valence-electron chi connectivity index (χ1n) is 7.92. The third-order valence-electron chi connectivity index (χ3n) is 3.85. The van der Waals surface area contributed by atoms with Crippen LogP contribution in [-0.2, 0) is 22.6 Å². The van der Waals surface area contributed by atoms with Crippen molar-refractivity contribution in [2.24, 2.45) is 0 Å². The van der Waals surface area contributed by atoms with Crippen molar-refractivity contribution < 1.29 is 9.53 Å². The summed E-state index contributed by atoms with van der Waals surface area (Å²) in [4.78, 5) is 16.6. The molecule has 0 spiro atoms. The van der Waals surface area contributed by atoms with Crippen LogP contribution in [-0.4, -0.2) is 62.1 Å². The molecule has 1 aliphatic heterocycles. The summed E-state index contributed by atoms with van der Waals surface area (Å²) in [5, 5.41) is 2.99.